The first-order chi connectivity index (χ1) is 13.9. The molecule has 0 amide bonds. The highest BCUT2D eigenvalue weighted by molar-refractivity contribution is 5.92. The first kappa shape index (κ1) is 18.2. The van der Waals surface area contributed by atoms with Crippen LogP contribution in [0.5, 0.6) is 17.2 Å². The average Bonchev–Trinajstić information content (AvgIpc) is 3.20. The van der Waals surface area contributed by atoms with Crippen LogP contribution in [0.15, 0.2) is 42.5 Å². The highest BCUT2D eigenvalue weighted by Crippen LogP contribution is 2.56. The van der Waals surface area contributed by atoms with E-state index in [0.29, 0.717) is 11.7 Å². The lowest BCUT2D eigenvalue weighted by Crippen LogP contribution is -2.33. The minimum absolute atomic E-state index is 0.0388. The van der Waals surface area contributed by atoms with Gasteiger partial charge in [-0.25, -0.2) is 0 Å². The minimum atomic E-state index is -0.0981. The van der Waals surface area contributed by atoms with Gasteiger partial charge in [-0.1, -0.05) is 24.3 Å². The predicted molar refractivity (Wildman–Crippen MR) is 117 cm³/mol. The number of aromatic hydroxyl groups is 1. The third-order valence-electron chi connectivity index (χ3n) is 6.26. The number of allylic oxidation sites excluding steroid dienone is 3. The first-order valence-electron chi connectivity index (χ1n) is 10.3. The third kappa shape index (κ3) is 2.73. The van der Waals surface area contributed by atoms with Gasteiger partial charge < -0.3 is 19.9 Å². The van der Waals surface area contributed by atoms with Gasteiger partial charge in [0.1, 0.15) is 11.9 Å². The molecule has 0 radical (unpaired) electrons. The molecule has 0 fully saturated rings. The van der Waals surface area contributed by atoms with Gasteiger partial charge >= 0.3 is 0 Å². The minimum Gasteiger partial charge on any atom is -0.504 e. The second-order valence-electron chi connectivity index (χ2n) is 8.86. The molecule has 3 aliphatic rings. The van der Waals surface area contributed by atoms with E-state index in [1.165, 1.54) is 16.7 Å². The van der Waals surface area contributed by atoms with Crippen molar-refractivity contribution in [1.29, 1.82) is 0 Å². The maximum atomic E-state index is 10.4. The van der Waals surface area contributed by atoms with Crippen molar-refractivity contribution in [1.82, 2.24) is 0 Å². The molecule has 1 aliphatic carbocycles. The molecule has 0 spiro atoms. The molecule has 2 aliphatic heterocycles. The summed E-state index contributed by atoms with van der Waals surface area (Å²) in [6, 6.07) is 7.80. The summed E-state index contributed by atoms with van der Waals surface area (Å²) in [4.78, 5) is 0. The van der Waals surface area contributed by atoms with Crippen LogP contribution in [0.3, 0.4) is 0 Å². The zero-order valence-corrected chi connectivity index (χ0v) is 17.4. The molecular weight excluding hydrogens is 362 g/mol. The van der Waals surface area contributed by atoms with E-state index in [9.17, 15) is 5.11 Å². The fraction of sp³-hybridized carbons (Fsp3) is 0.360. The standard InChI is InChI=1S/C25H27NO3/c1-14-13-25(2,3)26-17-10-9-16-21-19(12-11-18(27)24(21)28-4)29-23(22(16)20(14)17)15-7-5-6-8-15/h5-6,9-13,15,23,26-27H,7-8H2,1-4H3/t23-/m1/s1. The molecule has 29 heavy (non-hydrogen) atoms. The van der Waals surface area contributed by atoms with Crippen molar-refractivity contribution >= 4 is 11.3 Å². The van der Waals surface area contributed by atoms with Crippen LogP contribution in [-0.2, 0) is 0 Å². The number of rotatable bonds is 2. The molecule has 2 N–H and O–H groups in total. The average molecular weight is 389 g/mol. The van der Waals surface area contributed by atoms with E-state index in [1.54, 1.807) is 13.2 Å². The summed E-state index contributed by atoms with van der Waals surface area (Å²) in [5.41, 5.74) is 6.63. The van der Waals surface area contributed by atoms with Crippen LogP contribution < -0.4 is 14.8 Å². The summed E-state index contributed by atoms with van der Waals surface area (Å²) < 4.78 is 12.2. The predicted octanol–water partition coefficient (Wildman–Crippen LogP) is 6.07. The van der Waals surface area contributed by atoms with Gasteiger partial charge in [-0.15, -0.1) is 0 Å². The van der Waals surface area contributed by atoms with Crippen molar-refractivity contribution < 1.29 is 14.6 Å². The summed E-state index contributed by atoms with van der Waals surface area (Å²) in [5, 5.41) is 14.1. The Hall–Kier alpha value is -2.88. The smallest absolute Gasteiger partial charge is 0.172 e. The second-order valence-corrected chi connectivity index (χ2v) is 8.86. The number of phenolic OH excluding ortho intramolecular Hbond substituents is 1. The number of hydrogen-bond donors (Lipinski definition) is 2. The van der Waals surface area contributed by atoms with Crippen molar-refractivity contribution in [2.24, 2.45) is 5.92 Å². The normalized spacial score (nSPS) is 21.4. The van der Waals surface area contributed by atoms with Gasteiger partial charge in [-0.05, 0) is 62.9 Å². The number of phenols is 1. The zero-order valence-electron chi connectivity index (χ0n) is 17.4. The summed E-state index contributed by atoms with van der Waals surface area (Å²) in [6.45, 7) is 6.55. The number of benzene rings is 2. The number of hydrogen-bond acceptors (Lipinski definition) is 4. The number of ether oxygens (including phenoxy) is 2. The second kappa shape index (κ2) is 6.31. The molecular formula is C25H27NO3. The fourth-order valence-corrected chi connectivity index (χ4v) is 5.19. The van der Waals surface area contributed by atoms with Crippen LogP contribution in [0.2, 0.25) is 0 Å². The number of nitrogens with one attached hydrogen (secondary N) is 1. The summed E-state index contributed by atoms with van der Waals surface area (Å²) in [6.07, 6.45) is 8.78. The largest absolute Gasteiger partial charge is 0.504 e. The van der Waals surface area contributed by atoms with Crippen molar-refractivity contribution in [3.8, 4) is 28.4 Å². The summed E-state index contributed by atoms with van der Waals surface area (Å²) in [5.74, 6) is 1.77. The Labute approximate surface area is 171 Å². The Bertz CT molecular complexity index is 1060. The Morgan fingerprint density at radius 1 is 1.10 bits per heavy atom. The zero-order chi connectivity index (χ0) is 20.3. The van der Waals surface area contributed by atoms with E-state index in [2.05, 4.69) is 56.4 Å². The molecule has 0 aromatic heterocycles. The molecule has 4 nitrogen and oxygen atoms in total. The Kier molecular flexibility index (Phi) is 3.95. The van der Waals surface area contributed by atoms with Gasteiger partial charge in [-0.2, -0.15) is 0 Å². The van der Waals surface area contributed by atoms with Crippen LogP contribution in [0.1, 0.15) is 50.8 Å². The molecule has 5 rings (SSSR count). The molecule has 2 aromatic carbocycles. The Morgan fingerprint density at radius 2 is 1.86 bits per heavy atom. The van der Waals surface area contributed by atoms with Crippen molar-refractivity contribution in [2.45, 2.75) is 45.3 Å². The topological polar surface area (TPSA) is 50.7 Å². The van der Waals surface area contributed by atoms with Gasteiger partial charge in [0.25, 0.3) is 0 Å². The SMILES string of the molecule is COc1c(O)ccc2c1-c1ccc3c(c1[C@@H](C1CC=CC1)O2)C(C)=CC(C)(C)N3. The molecule has 0 unspecified atom stereocenters. The number of anilines is 1. The van der Waals surface area contributed by atoms with E-state index in [-0.39, 0.29) is 17.4 Å². The molecule has 2 heterocycles. The Morgan fingerprint density at radius 3 is 2.59 bits per heavy atom. The monoisotopic (exact) mass is 389 g/mol. The fourth-order valence-electron chi connectivity index (χ4n) is 5.19. The van der Waals surface area contributed by atoms with E-state index >= 15 is 0 Å². The van der Waals surface area contributed by atoms with Crippen molar-refractivity contribution in [3.63, 3.8) is 0 Å². The first-order valence-corrected chi connectivity index (χ1v) is 10.3. The maximum Gasteiger partial charge on any atom is 0.172 e. The van der Waals surface area contributed by atoms with Crippen LogP contribution in [-0.4, -0.2) is 17.8 Å². The van der Waals surface area contributed by atoms with Crippen LogP contribution in [0.4, 0.5) is 5.69 Å². The lowest BCUT2D eigenvalue weighted by molar-refractivity contribution is 0.137. The molecule has 150 valence electrons. The number of fused-ring (bicyclic) bond motifs is 5. The highest BCUT2D eigenvalue weighted by Gasteiger charge is 2.39. The quantitative estimate of drug-likeness (QED) is 0.612. The molecule has 4 heteroatoms. The molecule has 0 saturated heterocycles. The van der Waals surface area contributed by atoms with E-state index < -0.39 is 0 Å². The van der Waals surface area contributed by atoms with Crippen LogP contribution in [0, 0.1) is 5.92 Å². The van der Waals surface area contributed by atoms with E-state index in [4.69, 9.17) is 9.47 Å². The lowest BCUT2D eigenvalue weighted by atomic mass is 9.78. The third-order valence-corrected chi connectivity index (χ3v) is 6.26. The van der Waals surface area contributed by atoms with E-state index in [1.807, 2.05) is 6.07 Å². The van der Waals surface area contributed by atoms with Crippen molar-refractivity contribution in [3.05, 3.63) is 53.6 Å². The van der Waals surface area contributed by atoms with Gasteiger partial charge in [0.2, 0.25) is 0 Å². The number of methoxy groups -OCH3 is 1. The molecule has 2 aromatic rings. The Balaban J connectivity index is 1.80. The molecule has 1 atom stereocenters. The van der Waals surface area contributed by atoms with Crippen LogP contribution in [0.25, 0.3) is 16.7 Å². The highest BCUT2D eigenvalue weighted by atomic mass is 16.5. The van der Waals surface area contributed by atoms with Gasteiger partial charge in [-0.3, -0.25) is 0 Å². The lowest BCUT2D eigenvalue weighted by Gasteiger charge is -2.39. The van der Waals surface area contributed by atoms with Gasteiger partial charge in [0.15, 0.2) is 11.5 Å². The summed E-state index contributed by atoms with van der Waals surface area (Å²) in [7, 11) is 1.59. The van der Waals surface area contributed by atoms with E-state index in [0.717, 1.165) is 35.4 Å². The van der Waals surface area contributed by atoms with Gasteiger partial charge in [0.05, 0.1) is 18.2 Å². The van der Waals surface area contributed by atoms with Crippen LogP contribution >= 0.6 is 0 Å². The molecule has 0 saturated carbocycles. The molecule has 0 bridgehead atoms. The van der Waals surface area contributed by atoms with Crippen molar-refractivity contribution in [2.75, 3.05) is 12.4 Å². The van der Waals surface area contributed by atoms with Gasteiger partial charge in [0, 0.05) is 22.7 Å². The maximum absolute atomic E-state index is 10.4. The summed E-state index contributed by atoms with van der Waals surface area (Å²) >= 11 is 0.